The van der Waals surface area contributed by atoms with Gasteiger partial charge in [0.25, 0.3) is 0 Å². The molecule has 0 radical (unpaired) electrons. The van der Waals surface area contributed by atoms with Crippen molar-refractivity contribution in [3.63, 3.8) is 0 Å². The number of pyridine rings is 1. The van der Waals surface area contributed by atoms with E-state index in [9.17, 15) is 0 Å². The molecule has 2 N–H and O–H groups in total. The molecular formula is C18H21N3O4. The zero-order valence-electron chi connectivity index (χ0n) is 13.8. The summed E-state index contributed by atoms with van der Waals surface area (Å²) in [7, 11) is 0. The van der Waals surface area contributed by atoms with Gasteiger partial charge < -0.3 is 15.1 Å². The van der Waals surface area contributed by atoms with Crippen LogP contribution in [0.2, 0.25) is 0 Å². The standard InChI is InChI=1S/C16H19N3.C2H2O4/c1-2-7-16(8-3-1)19-12-10-18(11-13-19)14-15-6-4-5-9-17-15;3-1(4)2(5)6/h1-9H,10-14H2;(H,3,4)(H,5,6). The average Bonchev–Trinajstić information content (AvgIpc) is 2.64. The van der Waals surface area contributed by atoms with Gasteiger partial charge >= 0.3 is 11.9 Å². The first-order valence-electron chi connectivity index (χ1n) is 7.94. The van der Waals surface area contributed by atoms with Crippen LogP contribution in [-0.2, 0) is 16.1 Å². The highest BCUT2D eigenvalue weighted by molar-refractivity contribution is 6.27. The van der Waals surface area contributed by atoms with Crippen LogP contribution in [0.5, 0.6) is 0 Å². The van der Waals surface area contributed by atoms with Crippen molar-refractivity contribution in [2.75, 3.05) is 31.1 Å². The number of para-hydroxylation sites is 1. The maximum Gasteiger partial charge on any atom is 0.414 e. The van der Waals surface area contributed by atoms with Gasteiger partial charge in [-0.05, 0) is 24.3 Å². The molecule has 2 heterocycles. The number of carboxylic acids is 2. The van der Waals surface area contributed by atoms with E-state index in [-0.39, 0.29) is 0 Å². The molecule has 1 aliphatic rings. The van der Waals surface area contributed by atoms with E-state index in [1.807, 2.05) is 12.3 Å². The summed E-state index contributed by atoms with van der Waals surface area (Å²) in [6.07, 6.45) is 1.87. The molecule has 0 amide bonds. The summed E-state index contributed by atoms with van der Waals surface area (Å²) in [6.45, 7) is 5.36. The number of piperazine rings is 1. The Labute approximate surface area is 146 Å². The quantitative estimate of drug-likeness (QED) is 0.817. The summed E-state index contributed by atoms with van der Waals surface area (Å²) in [6, 6.07) is 16.8. The topological polar surface area (TPSA) is 94.0 Å². The Balaban J connectivity index is 0.000000326. The minimum Gasteiger partial charge on any atom is -0.473 e. The summed E-state index contributed by atoms with van der Waals surface area (Å²) in [5.41, 5.74) is 2.50. The molecular weight excluding hydrogens is 322 g/mol. The highest BCUT2D eigenvalue weighted by Gasteiger charge is 2.17. The Morgan fingerprint density at radius 2 is 1.48 bits per heavy atom. The van der Waals surface area contributed by atoms with Gasteiger partial charge in [0.15, 0.2) is 0 Å². The number of rotatable bonds is 3. The molecule has 1 saturated heterocycles. The van der Waals surface area contributed by atoms with E-state index >= 15 is 0 Å². The fourth-order valence-electron chi connectivity index (χ4n) is 2.52. The predicted molar refractivity (Wildman–Crippen MR) is 93.4 cm³/mol. The van der Waals surface area contributed by atoms with E-state index < -0.39 is 11.9 Å². The predicted octanol–water partition coefficient (Wildman–Crippen LogP) is 1.56. The molecule has 7 nitrogen and oxygen atoms in total. The van der Waals surface area contributed by atoms with Crippen molar-refractivity contribution in [2.24, 2.45) is 0 Å². The number of aromatic nitrogens is 1. The van der Waals surface area contributed by atoms with Crippen molar-refractivity contribution in [3.8, 4) is 0 Å². The molecule has 132 valence electrons. The summed E-state index contributed by atoms with van der Waals surface area (Å²) < 4.78 is 0. The molecule has 0 spiro atoms. The first-order chi connectivity index (χ1) is 12.1. The molecule has 1 aromatic heterocycles. The summed E-state index contributed by atoms with van der Waals surface area (Å²) >= 11 is 0. The van der Waals surface area contributed by atoms with Gasteiger partial charge in [0.2, 0.25) is 0 Å². The maximum absolute atomic E-state index is 9.10. The first kappa shape index (κ1) is 18.4. The van der Waals surface area contributed by atoms with Crippen LogP contribution in [0.1, 0.15) is 5.69 Å². The second-order valence-electron chi connectivity index (χ2n) is 5.53. The summed E-state index contributed by atoms with van der Waals surface area (Å²) in [5.74, 6) is -3.65. The second kappa shape index (κ2) is 9.39. The van der Waals surface area contributed by atoms with Gasteiger partial charge in [0.05, 0.1) is 5.69 Å². The molecule has 1 aliphatic heterocycles. The minimum atomic E-state index is -1.82. The van der Waals surface area contributed by atoms with Crippen molar-refractivity contribution >= 4 is 17.6 Å². The third-order valence-electron chi connectivity index (χ3n) is 3.79. The van der Waals surface area contributed by atoms with Crippen molar-refractivity contribution < 1.29 is 19.8 Å². The molecule has 3 rings (SSSR count). The fourth-order valence-corrected chi connectivity index (χ4v) is 2.52. The number of hydrogen-bond acceptors (Lipinski definition) is 5. The van der Waals surface area contributed by atoms with Gasteiger partial charge in [0.1, 0.15) is 0 Å². The highest BCUT2D eigenvalue weighted by Crippen LogP contribution is 2.16. The number of nitrogens with zero attached hydrogens (tertiary/aromatic N) is 3. The number of aliphatic carboxylic acids is 2. The molecule has 0 unspecified atom stereocenters. The Morgan fingerprint density at radius 1 is 0.880 bits per heavy atom. The average molecular weight is 343 g/mol. The van der Waals surface area contributed by atoms with Gasteiger partial charge in [-0.1, -0.05) is 24.3 Å². The third-order valence-corrected chi connectivity index (χ3v) is 3.79. The smallest absolute Gasteiger partial charge is 0.414 e. The fraction of sp³-hybridized carbons (Fsp3) is 0.278. The largest absolute Gasteiger partial charge is 0.473 e. The molecule has 2 aromatic rings. The Morgan fingerprint density at radius 3 is 2.00 bits per heavy atom. The Hall–Kier alpha value is -2.93. The van der Waals surface area contributed by atoms with Gasteiger partial charge in [-0.15, -0.1) is 0 Å². The van der Waals surface area contributed by atoms with E-state index in [1.54, 1.807) is 0 Å². The number of hydrogen-bond donors (Lipinski definition) is 2. The van der Waals surface area contributed by atoms with Crippen LogP contribution in [0.25, 0.3) is 0 Å². The lowest BCUT2D eigenvalue weighted by atomic mass is 10.2. The first-order valence-corrected chi connectivity index (χ1v) is 7.94. The Bertz CT molecular complexity index is 659. The zero-order chi connectivity index (χ0) is 18.1. The molecule has 0 atom stereocenters. The third kappa shape index (κ3) is 6.23. The van der Waals surface area contributed by atoms with Gasteiger partial charge in [0, 0.05) is 44.6 Å². The number of benzene rings is 1. The van der Waals surface area contributed by atoms with E-state index in [0.717, 1.165) is 38.4 Å². The van der Waals surface area contributed by atoms with E-state index in [2.05, 4.69) is 57.2 Å². The highest BCUT2D eigenvalue weighted by atomic mass is 16.4. The monoisotopic (exact) mass is 343 g/mol. The number of carboxylic acid groups (broad SMARTS) is 2. The molecule has 0 bridgehead atoms. The molecule has 1 fully saturated rings. The van der Waals surface area contributed by atoms with E-state index in [4.69, 9.17) is 19.8 Å². The van der Waals surface area contributed by atoms with Crippen LogP contribution in [-0.4, -0.2) is 58.2 Å². The van der Waals surface area contributed by atoms with Crippen LogP contribution < -0.4 is 4.90 Å². The van der Waals surface area contributed by atoms with Crippen molar-refractivity contribution in [1.82, 2.24) is 9.88 Å². The van der Waals surface area contributed by atoms with Crippen LogP contribution >= 0.6 is 0 Å². The second-order valence-corrected chi connectivity index (χ2v) is 5.53. The molecule has 25 heavy (non-hydrogen) atoms. The number of anilines is 1. The van der Waals surface area contributed by atoms with Gasteiger partial charge in [-0.25, -0.2) is 9.59 Å². The van der Waals surface area contributed by atoms with Crippen molar-refractivity contribution in [2.45, 2.75) is 6.54 Å². The van der Waals surface area contributed by atoms with Crippen molar-refractivity contribution in [1.29, 1.82) is 0 Å². The van der Waals surface area contributed by atoms with Crippen LogP contribution in [0, 0.1) is 0 Å². The number of carbonyl (C=O) groups is 2. The zero-order valence-corrected chi connectivity index (χ0v) is 13.8. The van der Waals surface area contributed by atoms with Crippen LogP contribution in [0.3, 0.4) is 0 Å². The molecule has 7 heteroatoms. The lowest BCUT2D eigenvalue weighted by molar-refractivity contribution is -0.159. The SMILES string of the molecule is O=C(O)C(=O)O.c1ccc(N2CCN(Cc3ccccn3)CC2)cc1. The van der Waals surface area contributed by atoms with Crippen LogP contribution in [0.4, 0.5) is 5.69 Å². The molecule has 1 aromatic carbocycles. The molecule has 0 saturated carbocycles. The normalized spacial score (nSPS) is 14.3. The minimum absolute atomic E-state index is 0.962. The summed E-state index contributed by atoms with van der Waals surface area (Å²) in [4.78, 5) is 27.5. The van der Waals surface area contributed by atoms with Crippen LogP contribution in [0.15, 0.2) is 54.7 Å². The molecule has 0 aliphatic carbocycles. The maximum atomic E-state index is 9.10. The van der Waals surface area contributed by atoms with E-state index in [1.165, 1.54) is 5.69 Å². The van der Waals surface area contributed by atoms with Gasteiger partial charge in [-0.2, -0.15) is 0 Å². The lowest BCUT2D eigenvalue weighted by Gasteiger charge is -2.35. The van der Waals surface area contributed by atoms with Crippen molar-refractivity contribution in [3.05, 3.63) is 60.4 Å². The summed E-state index contributed by atoms with van der Waals surface area (Å²) in [5, 5.41) is 14.8. The van der Waals surface area contributed by atoms with E-state index in [0.29, 0.717) is 0 Å². The lowest BCUT2D eigenvalue weighted by Crippen LogP contribution is -2.46. The Kier molecular flexibility index (Phi) is 6.91. The van der Waals surface area contributed by atoms with Gasteiger partial charge in [-0.3, -0.25) is 9.88 Å².